The van der Waals surface area contributed by atoms with Gasteiger partial charge in [0.2, 0.25) is 33.6 Å². The van der Waals surface area contributed by atoms with Gasteiger partial charge in [0.15, 0.2) is 0 Å². The molecule has 0 radical (unpaired) electrons. The van der Waals surface area contributed by atoms with Crippen LogP contribution in [0.25, 0.3) is 10.8 Å². The standard InChI is InChI=1S/C33H43N5O8S/c1-6-21-18-33(21,31(42)37-47(43,44)23-11-12-23)36-28(40)25-17-22(46-29-24-10-8-7-9-20(24)13-15-34-29)19-38(25)30(41)27(32(2,3)4)35-26(39)14-16-45-5/h6-10,13,15,21-23,25,27H,1,11-12,14,16-19H2,2-5H3,(H,35,39)(H,36,40)(H,37,42). The molecule has 5 unspecified atom stereocenters. The molecule has 47 heavy (non-hydrogen) atoms. The number of ether oxygens (including phenoxy) is 2. The Balaban J connectivity index is 1.42. The molecule has 4 amide bonds. The minimum Gasteiger partial charge on any atom is -0.472 e. The fourth-order valence-corrected chi connectivity index (χ4v) is 7.34. The smallest absolute Gasteiger partial charge is 0.259 e. The van der Waals surface area contributed by atoms with Crippen LogP contribution < -0.4 is 20.1 Å². The monoisotopic (exact) mass is 669 g/mol. The number of benzene rings is 1. The Morgan fingerprint density at radius 1 is 1.17 bits per heavy atom. The zero-order valence-electron chi connectivity index (χ0n) is 27.2. The lowest BCUT2D eigenvalue weighted by Crippen LogP contribution is -2.60. The van der Waals surface area contributed by atoms with Crippen molar-refractivity contribution in [2.45, 2.75) is 81.9 Å². The number of carbonyl (C=O) groups excluding carboxylic acids is 4. The Bertz CT molecular complexity index is 1670. The Kier molecular flexibility index (Phi) is 9.65. The molecule has 0 spiro atoms. The maximum absolute atomic E-state index is 14.3. The van der Waals surface area contributed by atoms with Crippen molar-refractivity contribution in [1.82, 2.24) is 25.2 Å². The fraction of sp³-hybridized carbons (Fsp3) is 0.545. The zero-order chi connectivity index (χ0) is 34.1. The van der Waals surface area contributed by atoms with Crippen molar-refractivity contribution in [3.63, 3.8) is 0 Å². The first-order chi connectivity index (χ1) is 22.2. The summed E-state index contributed by atoms with van der Waals surface area (Å²) in [7, 11) is -2.40. The maximum Gasteiger partial charge on any atom is 0.259 e. The Morgan fingerprint density at radius 2 is 1.89 bits per heavy atom. The van der Waals surface area contributed by atoms with E-state index < -0.39 is 68.1 Å². The summed E-state index contributed by atoms with van der Waals surface area (Å²) >= 11 is 0. The van der Waals surface area contributed by atoms with Crippen molar-refractivity contribution in [2.24, 2.45) is 11.3 Å². The highest BCUT2D eigenvalue weighted by Crippen LogP contribution is 2.45. The van der Waals surface area contributed by atoms with E-state index >= 15 is 0 Å². The molecule has 0 bridgehead atoms. The summed E-state index contributed by atoms with van der Waals surface area (Å²) in [5, 5.41) is 6.64. The molecule has 1 aromatic carbocycles. The highest BCUT2D eigenvalue weighted by Gasteiger charge is 2.62. The molecule has 2 aromatic rings. The lowest BCUT2D eigenvalue weighted by molar-refractivity contribution is -0.144. The number of likely N-dealkylation sites (tertiary alicyclic amines) is 1. The second-order valence-corrected chi connectivity index (χ2v) is 15.6. The molecule has 3 fully saturated rings. The quantitative estimate of drug-likeness (QED) is 0.269. The number of carbonyl (C=O) groups is 4. The number of nitrogens with zero attached hydrogens (tertiary/aromatic N) is 2. The Hall–Kier alpha value is -4.04. The number of amides is 4. The van der Waals surface area contributed by atoms with Crippen LogP contribution in [0.4, 0.5) is 0 Å². The highest BCUT2D eigenvalue weighted by atomic mass is 32.2. The highest BCUT2D eigenvalue weighted by molar-refractivity contribution is 7.91. The summed E-state index contributed by atoms with van der Waals surface area (Å²) < 4.78 is 38.7. The molecule has 2 saturated carbocycles. The topological polar surface area (TPSA) is 173 Å². The molecule has 1 saturated heterocycles. The van der Waals surface area contributed by atoms with E-state index in [-0.39, 0.29) is 38.3 Å². The van der Waals surface area contributed by atoms with E-state index in [2.05, 4.69) is 26.9 Å². The van der Waals surface area contributed by atoms with E-state index in [0.717, 1.165) is 10.8 Å². The number of rotatable bonds is 13. The van der Waals surface area contributed by atoms with Crippen LogP contribution in [0.15, 0.2) is 49.2 Å². The minimum absolute atomic E-state index is 0.00247. The second-order valence-electron chi connectivity index (χ2n) is 13.6. The molecule has 2 aliphatic carbocycles. The summed E-state index contributed by atoms with van der Waals surface area (Å²) in [5.41, 5.74) is -2.26. The molecule has 1 aliphatic heterocycles. The van der Waals surface area contributed by atoms with Crippen molar-refractivity contribution < 1.29 is 37.1 Å². The molecule has 254 valence electrons. The average molecular weight is 670 g/mol. The predicted molar refractivity (Wildman–Crippen MR) is 173 cm³/mol. The Labute approximate surface area is 274 Å². The predicted octanol–water partition coefficient (Wildman–Crippen LogP) is 1.82. The number of sulfonamides is 1. The average Bonchev–Trinajstić information content (AvgIpc) is 3.95. The molecule has 13 nitrogen and oxygen atoms in total. The van der Waals surface area contributed by atoms with Gasteiger partial charge in [0.1, 0.15) is 23.7 Å². The van der Waals surface area contributed by atoms with Crippen LogP contribution in [-0.4, -0.2) is 91.2 Å². The third-order valence-corrected chi connectivity index (χ3v) is 10.8. The number of methoxy groups -OCH3 is 1. The molecule has 1 aromatic heterocycles. The van der Waals surface area contributed by atoms with Gasteiger partial charge in [0.25, 0.3) is 5.91 Å². The number of pyridine rings is 1. The van der Waals surface area contributed by atoms with Crippen molar-refractivity contribution in [1.29, 1.82) is 0 Å². The van der Waals surface area contributed by atoms with Crippen molar-refractivity contribution in [3.8, 4) is 5.88 Å². The van der Waals surface area contributed by atoms with Crippen molar-refractivity contribution >= 4 is 44.4 Å². The normalized spacial score (nSPS) is 24.7. The molecular weight excluding hydrogens is 626 g/mol. The number of fused-ring (bicyclic) bond motifs is 1. The van der Waals surface area contributed by atoms with Crippen LogP contribution in [0.1, 0.15) is 52.9 Å². The summed E-state index contributed by atoms with van der Waals surface area (Å²) in [6.07, 6.45) is 3.67. The first kappa shape index (κ1) is 34.3. The summed E-state index contributed by atoms with van der Waals surface area (Å²) in [6, 6.07) is 7.29. The lowest BCUT2D eigenvalue weighted by Gasteiger charge is -2.35. The molecule has 3 aliphatic rings. The molecular formula is C33H43N5O8S. The summed E-state index contributed by atoms with van der Waals surface area (Å²) in [4.78, 5) is 60.3. The number of hydrogen-bond acceptors (Lipinski definition) is 9. The van der Waals surface area contributed by atoms with E-state index in [1.165, 1.54) is 18.1 Å². The number of nitrogens with one attached hydrogen (secondary N) is 3. The van der Waals surface area contributed by atoms with Gasteiger partial charge in [-0.25, -0.2) is 13.4 Å². The number of aromatic nitrogens is 1. The summed E-state index contributed by atoms with van der Waals surface area (Å²) in [6.45, 7) is 9.36. The van der Waals surface area contributed by atoms with Gasteiger partial charge in [-0.2, -0.15) is 0 Å². The minimum atomic E-state index is -3.87. The maximum atomic E-state index is 14.3. The summed E-state index contributed by atoms with van der Waals surface area (Å²) in [5.74, 6) is -2.50. The van der Waals surface area contributed by atoms with Gasteiger partial charge in [-0.1, -0.05) is 45.0 Å². The van der Waals surface area contributed by atoms with Crippen molar-refractivity contribution in [3.05, 3.63) is 49.2 Å². The van der Waals surface area contributed by atoms with E-state index in [1.54, 1.807) is 6.20 Å². The fourth-order valence-electron chi connectivity index (χ4n) is 5.98. The molecule has 5 rings (SSSR count). The van der Waals surface area contributed by atoms with E-state index in [9.17, 15) is 27.6 Å². The molecule has 3 N–H and O–H groups in total. The van der Waals surface area contributed by atoms with Gasteiger partial charge < -0.3 is 25.0 Å². The van der Waals surface area contributed by atoms with Gasteiger partial charge in [-0.05, 0) is 42.2 Å². The van der Waals surface area contributed by atoms with Crippen LogP contribution in [0.5, 0.6) is 5.88 Å². The van der Waals surface area contributed by atoms with Crippen LogP contribution in [0.3, 0.4) is 0 Å². The van der Waals surface area contributed by atoms with Crippen LogP contribution >= 0.6 is 0 Å². The molecule has 14 heteroatoms. The zero-order valence-corrected chi connectivity index (χ0v) is 28.0. The lowest BCUT2D eigenvalue weighted by atomic mass is 9.85. The largest absolute Gasteiger partial charge is 0.472 e. The Morgan fingerprint density at radius 3 is 2.53 bits per heavy atom. The second kappa shape index (κ2) is 13.2. The third kappa shape index (κ3) is 7.43. The van der Waals surface area contributed by atoms with Crippen LogP contribution in [0.2, 0.25) is 0 Å². The first-order valence-electron chi connectivity index (χ1n) is 15.8. The van der Waals surface area contributed by atoms with Gasteiger partial charge in [-0.15, -0.1) is 6.58 Å². The third-order valence-electron chi connectivity index (χ3n) is 8.96. The first-order valence-corrected chi connectivity index (χ1v) is 17.3. The van der Waals surface area contributed by atoms with E-state index in [4.69, 9.17) is 9.47 Å². The van der Waals surface area contributed by atoms with Gasteiger partial charge >= 0.3 is 0 Å². The SMILES string of the molecule is C=CC1CC1(NC(=O)C1CC(Oc2nccc3ccccc23)CN1C(=O)C(NC(=O)CCOC)C(C)(C)C)C(=O)NS(=O)(=O)C1CC1. The van der Waals surface area contributed by atoms with Crippen LogP contribution in [0, 0.1) is 11.3 Å². The van der Waals surface area contributed by atoms with E-state index in [0.29, 0.717) is 18.7 Å². The van der Waals surface area contributed by atoms with E-state index in [1.807, 2.05) is 51.1 Å². The van der Waals surface area contributed by atoms with Gasteiger partial charge in [-0.3, -0.25) is 23.9 Å². The molecule has 2 heterocycles. The molecule has 5 atom stereocenters. The van der Waals surface area contributed by atoms with Gasteiger partial charge in [0.05, 0.1) is 18.4 Å². The van der Waals surface area contributed by atoms with Gasteiger partial charge in [0, 0.05) is 37.5 Å². The van der Waals surface area contributed by atoms with Crippen molar-refractivity contribution in [2.75, 3.05) is 20.3 Å². The van der Waals surface area contributed by atoms with Crippen LogP contribution in [-0.2, 0) is 33.9 Å². The number of hydrogen-bond donors (Lipinski definition) is 3.